The summed E-state index contributed by atoms with van der Waals surface area (Å²) in [6, 6.07) is 7.95. The van der Waals surface area contributed by atoms with Crippen molar-refractivity contribution in [3.05, 3.63) is 35.7 Å². The molecule has 0 spiro atoms. The van der Waals surface area contributed by atoms with Crippen LogP contribution in [-0.4, -0.2) is 51.9 Å². The third-order valence-electron chi connectivity index (χ3n) is 4.09. The molecular formula is C16H21N3O2. The smallest absolute Gasteiger partial charge is 0.0950 e. The number of rotatable bonds is 4. The molecule has 112 valence electrons. The summed E-state index contributed by atoms with van der Waals surface area (Å²) >= 11 is 0. The van der Waals surface area contributed by atoms with Crippen LogP contribution in [0.1, 0.15) is 18.3 Å². The quantitative estimate of drug-likeness (QED) is 0.924. The van der Waals surface area contributed by atoms with Gasteiger partial charge in [-0.3, -0.25) is 4.90 Å². The first kappa shape index (κ1) is 14.4. The van der Waals surface area contributed by atoms with Crippen LogP contribution in [0.15, 0.2) is 24.3 Å². The second kappa shape index (κ2) is 6.05. The van der Waals surface area contributed by atoms with Crippen LogP contribution in [0.2, 0.25) is 0 Å². The zero-order chi connectivity index (χ0) is 14.8. The van der Waals surface area contributed by atoms with Crippen molar-refractivity contribution in [1.82, 2.24) is 14.9 Å². The molecule has 0 radical (unpaired) electrons. The number of para-hydroxylation sites is 2. The van der Waals surface area contributed by atoms with E-state index < -0.39 is 6.10 Å². The first-order valence-corrected chi connectivity index (χ1v) is 7.41. The van der Waals surface area contributed by atoms with E-state index in [1.807, 2.05) is 31.2 Å². The number of hydrogen-bond acceptors (Lipinski definition) is 5. The predicted octanol–water partition coefficient (Wildman–Crippen LogP) is 1.52. The highest BCUT2D eigenvalue weighted by Gasteiger charge is 2.31. The largest absolute Gasteiger partial charge is 0.389 e. The molecule has 21 heavy (non-hydrogen) atoms. The summed E-state index contributed by atoms with van der Waals surface area (Å²) in [6.45, 7) is 6.61. The van der Waals surface area contributed by atoms with Crippen LogP contribution in [0.5, 0.6) is 0 Å². The van der Waals surface area contributed by atoms with Crippen molar-refractivity contribution < 1.29 is 9.84 Å². The fraction of sp³-hybridized carbons (Fsp3) is 0.500. The van der Waals surface area contributed by atoms with Gasteiger partial charge in [0.05, 0.1) is 47.8 Å². The third-order valence-corrected chi connectivity index (χ3v) is 4.09. The summed E-state index contributed by atoms with van der Waals surface area (Å²) in [6.07, 6.45) is -0.418. The maximum Gasteiger partial charge on any atom is 0.0950 e. The molecule has 0 saturated carbocycles. The van der Waals surface area contributed by atoms with Gasteiger partial charge in [-0.15, -0.1) is 0 Å². The molecule has 1 saturated heterocycles. The molecule has 1 aliphatic rings. The van der Waals surface area contributed by atoms with E-state index in [1.54, 1.807) is 0 Å². The summed E-state index contributed by atoms with van der Waals surface area (Å²) < 4.78 is 5.36. The first-order valence-electron chi connectivity index (χ1n) is 7.41. The summed E-state index contributed by atoms with van der Waals surface area (Å²) in [5, 5.41) is 10.0. The summed E-state index contributed by atoms with van der Waals surface area (Å²) in [5.74, 6) is 0. The van der Waals surface area contributed by atoms with Crippen LogP contribution in [0.4, 0.5) is 0 Å². The SMILES string of the molecule is CCN(Cc1nc2ccccc2nc1C)[C@@H]1COC[C@H]1O. The van der Waals surface area contributed by atoms with Crippen LogP contribution in [0, 0.1) is 6.92 Å². The molecule has 2 heterocycles. The van der Waals surface area contributed by atoms with Gasteiger partial charge in [0.1, 0.15) is 0 Å². The van der Waals surface area contributed by atoms with E-state index in [1.165, 1.54) is 0 Å². The Morgan fingerprint density at radius 1 is 1.24 bits per heavy atom. The fourth-order valence-electron chi connectivity index (χ4n) is 2.81. The van der Waals surface area contributed by atoms with Gasteiger partial charge in [0.15, 0.2) is 0 Å². The molecule has 1 fully saturated rings. The number of aryl methyl sites for hydroxylation is 1. The van der Waals surface area contributed by atoms with E-state index in [0.29, 0.717) is 19.8 Å². The molecule has 5 heteroatoms. The van der Waals surface area contributed by atoms with E-state index in [0.717, 1.165) is 29.0 Å². The predicted molar refractivity (Wildman–Crippen MR) is 81.0 cm³/mol. The van der Waals surface area contributed by atoms with Crippen molar-refractivity contribution in [2.75, 3.05) is 19.8 Å². The zero-order valence-corrected chi connectivity index (χ0v) is 12.5. The highest BCUT2D eigenvalue weighted by Crippen LogP contribution is 2.18. The molecule has 1 N–H and O–H groups in total. The maximum absolute atomic E-state index is 10.0. The minimum absolute atomic E-state index is 0.0441. The average molecular weight is 287 g/mol. The zero-order valence-electron chi connectivity index (χ0n) is 12.5. The molecule has 2 aromatic rings. The lowest BCUT2D eigenvalue weighted by Gasteiger charge is -2.28. The van der Waals surface area contributed by atoms with Crippen LogP contribution in [0.25, 0.3) is 11.0 Å². The molecule has 0 aliphatic carbocycles. The average Bonchev–Trinajstić information content (AvgIpc) is 2.91. The van der Waals surface area contributed by atoms with E-state index >= 15 is 0 Å². The van der Waals surface area contributed by atoms with Gasteiger partial charge >= 0.3 is 0 Å². The van der Waals surface area contributed by atoms with Crippen molar-refractivity contribution >= 4 is 11.0 Å². The lowest BCUT2D eigenvalue weighted by molar-refractivity contribution is 0.0800. The second-order valence-electron chi connectivity index (χ2n) is 5.48. The molecule has 0 amide bonds. The van der Waals surface area contributed by atoms with Crippen LogP contribution < -0.4 is 0 Å². The van der Waals surface area contributed by atoms with Crippen molar-refractivity contribution in [3.63, 3.8) is 0 Å². The van der Waals surface area contributed by atoms with Crippen molar-refractivity contribution in [3.8, 4) is 0 Å². The number of fused-ring (bicyclic) bond motifs is 1. The van der Waals surface area contributed by atoms with E-state index in [-0.39, 0.29) is 6.04 Å². The van der Waals surface area contributed by atoms with E-state index in [4.69, 9.17) is 9.72 Å². The third kappa shape index (κ3) is 2.90. The summed E-state index contributed by atoms with van der Waals surface area (Å²) in [4.78, 5) is 11.6. The van der Waals surface area contributed by atoms with Gasteiger partial charge in [-0.05, 0) is 25.6 Å². The number of aromatic nitrogens is 2. The highest BCUT2D eigenvalue weighted by molar-refractivity contribution is 5.74. The number of hydrogen-bond donors (Lipinski definition) is 1. The van der Waals surface area contributed by atoms with Gasteiger partial charge in [-0.1, -0.05) is 19.1 Å². The Morgan fingerprint density at radius 2 is 1.95 bits per heavy atom. The normalized spacial score (nSPS) is 22.3. The van der Waals surface area contributed by atoms with Gasteiger partial charge in [-0.2, -0.15) is 0 Å². The molecule has 1 aliphatic heterocycles. The Morgan fingerprint density at radius 3 is 2.57 bits per heavy atom. The Kier molecular flexibility index (Phi) is 4.14. The summed E-state index contributed by atoms with van der Waals surface area (Å²) in [7, 11) is 0. The Labute approximate surface area is 124 Å². The molecular weight excluding hydrogens is 266 g/mol. The Bertz CT molecular complexity index is 632. The number of aliphatic hydroxyl groups excluding tert-OH is 1. The van der Waals surface area contributed by atoms with Gasteiger partial charge in [0.2, 0.25) is 0 Å². The molecule has 0 bridgehead atoms. The van der Waals surface area contributed by atoms with Crippen molar-refractivity contribution in [2.45, 2.75) is 32.5 Å². The summed E-state index contributed by atoms with van der Waals surface area (Å²) in [5.41, 5.74) is 3.75. The molecule has 0 unspecified atom stereocenters. The van der Waals surface area contributed by atoms with Gasteiger partial charge in [0, 0.05) is 6.54 Å². The van der Waals surface area contributed by atoms with Gasteiger partial charge in [-0.25, -0.2) is 9.97 Å². The van der Waals surface area contributed by atoms with Gasteiger partial charge < -0.3 is 9.84 Å². The van der Waals surface area contributed by atoms with Gasteiger partial charge in [0.25, 0.3) is 0 Å². The molecule has 3 rings (SSSR count). The van der Waals surface area contributed by atoms with Crippen LogP contribution in [0.3, 0.4) is 0 Å². The molecule has 1 aromatic heterocycles. The second-order valence-corrected chi connectivity index (χ2v) is 5.48. The number of ether oxygens (including phenoxy) is 1. The molecule has 1 aromatic carbocycles. The maximum atomic E-state index is 10.0. The lowest BCUT2D eigenvalue weighted by Crippen LogP contribution is -2.42. The number of likely N-dealkylation sites (N-methyl/N-ethyl adjacent to an activating group) is 1. The minimum Gasteiger partial charge on any atom is -0.389 e. The topological polar surface area (TPSA) is 58.5 Å². The van der Waals surface area contributed by atoms with E-state index in [9.17, 15) is 5.11 Å². The highest BCUT2D eigenvalue weighted by atomic mass is 16.5. The number of benzene rings is 1. The number of aliphatic hydroxyl groups is 1. The lowest BCUT2D eigenvalue weighted by atomic mass is 10.1. The molecule has 2 atom stereocenters. The Balaban J connectivity index is 1.87. The molecule has 5 nitrogen and oxygen atoms in total. The van der Waals surface area contributed by atoms with Crippen molar-refractivity contribution in [2.24, 2.45) is 0 Å². The fourth-order valence-corrected chi connectivity index (χ4v) is 2.81. The van der Waals surface area contributed by atoms with E-state index in [2.05, 4.69) is 16.8 Å². The monoisotopic (exact) mass is 287 g/mol. The standard InChI is InChI=1S/C16H21N3O2/c1-3-19(15-9-21-10-16(15)20)8-14-11(2)17-12-6-4-5-7-13(12)18-14/h4-7,15-16,20H,3,8-10H2,1-2H3/t15-,16-/m1/s1. The van der Waals surface area contributed by atoms with Crippen LogP contribution >= 0.6 is 0 Å². The first-order chi connectivity index (χ1) is 10.2. The van der Waals surface area contributed by atoms with Crippen molar-refractivity contribution in [1.29, 1.82) is 0 Å². The number of nitrogens with zero attached hydrogens (tertiary/aromatic N) is 3. The minimum atomic E-state index is -0.418. The Hall–Kier alpha value is -1.56. The van der Waals surface area contributed by atoms with Crippen LogP contribution in [-0.2, 0) is 11.3 Å².